The van der Waals surface area contributed by atoms with Crippen LogP contribution in [0.4, 0.5) is 10.5 Å². The fraction of sp³-hybridized carbons (Fsp3) is 0.474. The third-order valence-corrected chi connectivity index (χ3v) is 6.13. The number of rotatable bonds is 2. The number of ether oxygens (including phenoxy) is 1. The van der Waals surface area contributed by atoms with Crippen molar-refractivity contribution in [1.29, 1.82) is 0 Å². The maximum absolute atomic E-state index is 12.6. The quantitative estimate of drug-likeness (QED) is 0.848. The number of hydrogen-bond acceptors (Lipinski definition) is 4. The van der Waals surface area contributed by atoms with Gasteiger partial charge in [0, 0.05) is 23.5 Å². The van der Waals surface area contributed by atoms with Gasteiger partial charge in [-0.1, -0.05) is 18.2 Å². The molecule has 24 heavy (non-hydrogen) atoms. The Kier molecular flexibility index (Phi) is 3.24. The van der Waals surface area contributed by atoms with Gasteiger partial charge >= 0.3 is 6.09 Å². The SMILES string of the molecule is CCOC(=O)N1CCC23C(=C(C=O)CC[C@]12C)Nc1ccccc13. The van der Waals surface area contributed by atoms with Crippen LogP contribution in [0.5, 0.6) is 0 Å². The minimum Gasteiger partial charge on any atom is -0.450 e. The standard InChI is InChI=1S/C19H22N2O3/c1-3-24-17(23)21-11-10-19-14-6-4-5-7-15(14)20-16(19)13(12-22)8-9-18(19,21)2/h4-7,12,20H,3,8-11H2,1-2H3/t18-,19?/m0/s1. The molecular weight excluding hydrogens is 304 g/mol. The number of benzene rings is 1. The Labute approximate surface area is 141 Å². The van der Waals surface area contributed by atoms with E-state index in [0.29, 0.717) is 19.6 Å². The van der Waals surface area contributed by atoms with Crippen molar-refractivity contribution in [2.75, 3.05) is 18.5 Å². The Morgan fingerprint density at radius 2 is 2.17 bits per heavy atom. The van der Waals surface area contributed by atoms with Crippen LogP contribution >= 0.6 is 0 Å². The van der Waals surface area contributed by atoms with Gasteiger partial charge in [0.05, 0.1) is 17.6 Å². The van der Waals surface area contributed by atoms with Crippen molar-refractivity contribution < 1.29 is 14.3 Å². The van der Waals surface area contributed by atoms with Crippen molar-refractivity contribution in [3.63, 3.8) is 0 Å². The lowest BCUT2D eigenvalue weighted by molar-refractivity contribution is -0.105. The van der Waals surface area contributed by atoms with Gasteiger partial charge in [-0.05, 0) is 44.7 Å². The first-order valence-corrected chi connectivity index (χ1v) is 8.58. The van der Waals surface area contributed by atoms with Gasteiger partial charge in [0.25, 0.3) is 0 Å². The van der Waals surface area contributed by atoms with E-state index in [1.54, 1.807) is 0 Å². The monoisotopic (exact) mass is 326 g/mol. The molecule has 1 aromatic carbocycles. The zero-order chi connectivity index (χ0) is 16.9. The number of carbonyl (C=O) groups is 2. The van der Waals surface area contributed by atoms with Gasteiger partial charge in [0.1, 0.15) is 6.29 Å². The minimum absolute atomic E-state index is 0.254. The Morgan fingerprint density at radius 1 is 1.38 bits per heavy atom. The molecule has 0 aromatic heterocycles. The Hall–Kier alpha value is -2.30. The molecule has 5 heteroatoms. The molecule has 2 atom stereocenters. The number of likely N-dealkylation sites (tertiary alicyclic amines) is 1. The van der Waals surface area contributed by atoms with Gasteiger partial charge in [-0.3, -0.25) is 4.79 Å². The summed E-state index contributed by atoms with van der Waals surface area (Å²) in [5, 5.41) is 3.49. The van der Waals surface area contributed by atoms with Crippen molar-refractivity contribution in [3.8, 4) is 0 Å². The Balaban J connectivity index is 1.92. The molecule has 1 N–H and O–H groups in total. The summed E-state index contributed by atoms with van der Waals surface area (Å²) in [6.45, 7) is 4.98. The molecule has 1 aromatic rings. The van der Waals surface area contributed by atoms with Crippen molar-refractivity contribution in [2.45, 2.75) is 44.1 Å². The molecule has 1 unspecified atom stereocenters. The normalized spacial score (nSPS) is 30.3. The lowest BCUT2D eigenvalue weighted by atomic mass is 9.60. The smallest absolute Gasteiger partial charge is 0.410 e. The van der Waals surface area contributed by atoms with E-state index in [1.807, 2.05) is 30.0 Å². The van der Waals surface area contributed by atoms with Crippen LogP contribution < -0.4 is 5.32 Å². The number of amides is 1. The van der Waals surface area contributed by atoms with Gasteiger partial charge in [-0.2, -0.15) is 0 Å². The highest BCUT2D eigenvalue weighted by atomic mass is 16.6. The van der Waals surface area contributed by atoms with Crippen molar-refractivity contribution >= 4 is 18.1 Å². The fourth-order valence-electron chi connectivity index (χ4n) is 5.00. The summed E-state index contributed by atoms with van der Waals surface area (Å²) < 4.78 is 5.31. The molecule has 1 spiro atoms. The van der Waals surface area contributed by atoms with Gasteiger partial charge < -0.3 is 15.0 Å². The number of fused-ring (bicyclic) bond motifs is 1. The summed E-state index contributed by atoms with van der Waals surface area (Å²) in [7, 11) is 0. The average molecular weight is 326 g/mol. The van der Waals surface area contributed by atoms with Gasteiger partial charge in [-0.15, -0.1) is 0 Å². The zero-order valence-corrected chi connectivity index (χ0v) is 14.1. The fourth-order valence-corrected chi connectivity index (χ4v) is 5.00. The molecule has 0 radical (unpaired) electrons. The predicted molar refractivity (Wildman–Crippen MR) is 90.8 cm³/mol. The molecule has 1 aliphatic carbocycles. The molecule has 2 heterocycles. The number of anilines is 1. The topological polar surface area (TPSA) is 58.6 Å². The molecule has 1 amide bonds. The molecule has 1 saturated heterocycles. The van der Waals surface area contributed by atoms with Crippen LogP contribution in [0.25, 0.3) is 0 Å². The summed E-state index contributed by atoms with van der Waals surface area (Å²) in [5.74, 6) is 0. The van der Waals surface area contributed by atoms with Crippen molar-refractivity contribution in [1.82, 2.24) is 4.90 Å². The van der Waals surface area contributed by atoms with Crippen LogP contribution in [0.15, 0.2) is 35.5 Å². The largest absolute Gasteiger partial charge is 0.450 e. The number of allylic oxidation sites excluding steroid dienone is 1. The van der Waals surface area contributed by atoms with Crippen molar-refractivity contribution in [3.05, 3.63) is 41.1 Å². The maximum atomic E-state index is 12.6. The summed E-state index contributed by atoms with van der Waals surface area (Å²) in [5.41, 5.74) is 3.32. The van der Waals surface area contributed by atoms with Crippen LogP contribution in [0.2, 0.25) is 0 Å². The van der Waals surface area contributed by atoms with E-state index in [2.05, 4.69) is 18.3 Å². The Bertz CT molecular complexity index is 757. The van der Waals surface area contributed by atoms with Gasteiger partial charge in [0.15, 0.2) is 0 Å². The highest BCUT2D eigenvalue weighted by molar-refractivity contribution is 5.84. The van der Waals surface area contributed by atoms with E-state index < -0.39 is 0 Å². The first-order valence-electron chi connectivity index (χ1n) is 8.58. The first kappa shape index (κ1) is 15.2. The maximum Gasteiger partial charge on any atom is 0.410 e. The number of carbonyl (C=O) groups excluding carboxylic acids is 2. The molecule has 126 valence electrons. The number of hydrogen-bond donors (Lipinski definition) is 1. The average Bonchev–Trinajstić information content (AvgIpc) is 3.08. The van der Waals surface area contributed by atoms with Gasteiger partial charge in [-0.25, -0.2) is 4.79 Å². The number of nitrogens with one attached hydrogen (secondary N) is 1. The van der Waals surface area contributed by atoms with E-state index in [-0.39, 0.29) is 17.0 Å². The molecule has 4 rings (SSSR count). The van der Waals surface area contributed by atoms with Crippen molar-refractivity contribution in [2.24, 2.45) is 0 Å². The zero-order valence-electron chi connectivity index (χ0n) is 14.1. The molecule has 0 bridgehead atoms. The van der Waals surface area contributed by atoms with E-state index in [0.717, 1.165) is 36.1 Å². The van der Waals surface area contributed by atoms with Crippen LogP contribution in [-0.4, -0.2) is 36.0 Å². The summed E-state index contributed by atoms with van der Waals surface area (Å²) >= 11 is 0. The van der Waals surface area contributed by atoms with Gasteiger partial charge in [0.2, 0.25) is 0 Å². The number of nitrogens with zero attached hydrogens (tertiary/aromatic N) is 1. The van der Waals surface area contributed by atoms with E-state index in [4.69, 9.17) is 4.74 Å². The molecular formula is C19H22N2O3. The molecule has 0 saturated carbocycles. The highest BCUT2D eigenvalue weighted by Crippen LogP contribution is 2.62. The van der Waals surface area contributed by atoms with E-state index >= 15 is 0 Å². The highest BCUT2D eigenvalue weighted by Gasteiger charge is 2.65. The number of para-hydroxylation sites is 1. The third-order valence-electron chi connectivity index (χ3n) is 6.13. The van der Waals surface area contributed by atoms with Crippen LogP contribution in [0.3, 0.4) is 0 Å². The molecule has 5 nitrogen and oxygen atoms in total. The Morgan fingerprint density at radius 3 is 2.92 bits per heavy atom. The second-order valence-electron chi connectivity index (χ2n) is 6.97. The third kappa shape index (κ3) is 1.65. The van der Waals surface area contributed by atoms with E-state index in [9.17, 15) is 9.59 Å². The van der Waals surface area contributed by atoms with Crippen LogP contribution in [0.1, 0.15) is 38.7 Å². The first-order chi connectivity index (χ1) is 11.6. The van der Waals surface area contributed by atoms with E-state index in [1.165, 1.54) is 5.56 Å². The lowest BCUT2D eigenvalue weighted by Crippen LogP contribution is -2.57. The molecule has 2 aliphatic heterocycles. The number of aldehydes is 1. The summed E-state index contributed by atoms with van der Waals surface area (Å²) in [6, 6.07) is 8.19. The summed E-state index contributed by atoms with van der Waals surface area (Å²) in [4.78, 5) is 26.1. The minimum atomic E-state index is -0.388. The summed E-state index contributed by atoms with van der Waals surface area (Å²) in [6.07, 6.45) is 2.96. The van der Waals surface area contributed by atoms with Crippen LogP contribution in [-0.2, 0) is 14.9 Å². The second-order valence-corrected chi connectivity index (χ2v) is 6.97. The molecule has 3 aliphatic rings. The molecule has 1 fully saturated rings. The van der Waals surface area contributed by atoms with Crippen LogP contribution in [0, 0.1) is 0 Å². The predicted octanol–water partition coefficient (Wildman–Crippen LogP) is 3.22. The second kappa shape index (κ2) is 5.10. The lowest BCUT2D eigenvalue weighted by Gasteiger charge is -2.49.